The maximum absolute atomic E-state index is 12.1. The van der Waals surface area contributed by atoms with Gasteiger partial charge in [-0.05, 0) is 37.1 Å². The molecule has 0 spiro atoms. The van der Waals surface area contributed by atoms with E-state index in [2.05, 4.69) is 10.6 Å². The second-order valence-corrected chi connectivity index (χ2v) is 5.95. The highest BCUT2D eigenvalue weighted by Gasteiger charge is 2.12. The molecule has 5 nitrogen and oxygen atoms in total. The van der Waals surface area contributed by atoms with Crippen molar-refractivity contribution in [2.24, 2.45) is 0 Å². The first kappa shape index (κ1) is 18.5. The molecular formula is C20H24N2O3. The second kappa shape index (κ2) is 8.87. The minimum atomic E-state index is -0.216. The fraction of sp³-hybridized carbons (Fsp3) is 0.300. The molecule has 0 bridgehead atoms. The summed E-state index contributed by atoms with van der Waals surface area (Å²) in [6, 6.07) is 15.2. The van der Waals surface area contributed by atoms with Gasteiger partial charge in [-0.2, -0.15) is 0 Å². The normalized spacial score (nSPS) is 11.5. The summed E-state index contributed by atoms with van der Waals surface area (Å²) < 4.78 is 5.23. The minimum absolute atomic E-state index is 0.0892. The molecule has 0 aromatic heterocycles. The SMILES string of the molecule is COc1ccc(C)cc1NC(=O)CCC(=O)N[C@@H](C)c1ccccc1. The van der Waals surface area contributed by atoms with Crippen LogP contribution in [0.4, 0.5) is 5.69 Å². The summed E-state index contributed by atoms with van der Waals surface area (Å²) in [6.07, 6.45) is 0.252. The number of methoxy groups -OCH3 is 1. The zero-order valence-electron chi connectivity index (χ0n) is 14.8. The Balaban J connectivity index is 1.83. The van der Waals surface area contributed by atoms with E-state index < -0.39 is 0 Å². The van der Waals surface area contributed by atoms with Crippen molar-refractivity contribution < 1.29 is 14.3 Å². The summed E-state index contributed by atoms with van der Waals surface area (Å²) in [4.78, 5) is 24.2. The average Bonchev–Trinajstić information content (AvgIpc) is 2.61. The molecule has 0 saturated carbocycles. The molecule has 1 atom stereocenters. The Morgan fingerprint density at radius 2 is 1.72 bits per heavy atom. The van der Waals surface area contributed by atoms with Crippen LogP contribution in [0, 0.1) is 6.92 Å². The van der Waals surface area contributed by atoms with E-state index in [0.717, 1.165) is 11.1 Å². The van der Waals surface area contributed by atoms with Crippen LogP contribution in [-0.4, -0.2) is 18.9 Å². The number of ether oxygens (including phenoxy) is 1. The van der Waals surface area contributed by atoms with Crippen molar-refractivity contribution >= 4 is 17.5 Å². The van der Waals surface area contributed by atoms with Crippen LogP contribution in [-0.2, 0) is 9.59 Å². The third-order valence-corrected chi connectivity index (χ3v) is 3.89. The Hall–Kier alpha value is -2.82. The number of anilines is 1. The number of amides is 2. The smallest absolute Gasteiger partial charge is 0.224 e. The van der Waals surface area contributed by atoms with Crippen LogP contribution in [0.2, 0.25) is 0 Å². The van der Waals surface area contributed by atoms with Gasteiger partial charge in [-0.1, -0.05) is 36.4 Å². The van der Waals surface area contributed by atoms with Gasteiger partial charge in [0.15, 0.2) is 0 Å². The van der Waals surface area contributed by atoms with Gasteiger partial charge in [-0.3, -0.25) is 9.59 Å². The van der Waals surface area contributed by atoms with Crippen molar-refractivity contribution in [3.63, 3.8) is 0 Å². The number of benzene rings is 2. The molecule has 5 heteroatoms. The molecule has 2 aromatic rings. The van der Waals surface area contributed by atoms with Crippen molar-refractivity contribution in [1.82, 2.24) is 5.32 Å². The van der Waals surface area contributed by atoms with Gasteiger partial charge < -0.3 is 15.4 Å². The topological polar surface area (TPSA) is 67.4 Å². The zero-order chi connectivity index (χ0) is 18.2. The summed E-state index contributed by atoms with van der Waals surface area (Å²) in [5, 5.41) is 5.70. The molecule has 2 aromatic carbocycles. The summed E-state index contributed by atoms with van der Waals surface area (Å²) in [5.74, 6) is 0.232. The molecule has 2 rings (SSSR count). The lowest BCUT2D eigenvalue weighted by molar-refractivity contribution is -0.124. The number of aryl methyl sites for hydroxylation is 1. The van der Waals surface area contributed by atoms with Crippen LogP contribution in [0.25, 0.3) is 0 Å². The first-order valence-electron chi connectivity index (χ1n) is 8.28. The van der Waals surface area contributed by atoms with Crippen molar-refractivity contribution in [2.75, 3.05) is 12.4 Å². The maximum Gasteiger partial charge on any atom is 0.224 e. The van der Waals surface area contributed by atoms with Crippen molar-refractivity contribution in [2.45, 2.75) is 32.7 Å². The van der Waals surface area contributed by atoms with E-state index in [4.69, 9.17) is 4.74 Å². The number of rotatable bonds is 7. The van der Waals surface area contributed by atoms with Gasteiger partial charge in [0.05, 0.1) is 18.8 Å². The molecule has 0 aliphatic carbocycles. The first-order chi connectivity index (χ1) is 12.0. The third kappa shape index (κ3) is 5.64. The highest BCUT2D eigenvalue weighted by Crippen LogP contribution is 2.25. The Kier molecular flexibility index (Phi) is 6.57. The van der Waals surface area contributed by atoms with E-state index in [-0.39, 0.29) is 30.7 Å². The minimum Gasteiger partial charge on any atom is -0.495 e. The Bertz CT molecular complexity index is 729. The molecule has 0 fully saturated rings. The molecular weight excluding hydrogens is 316 g/mol. The molecule has 25 heavy (non-hydrogen) atoms. The predicted octanol–water partition coefficient (Wildman–Crippen LogP) is 3.60. The molecule has 132 valence electrons. The molecule has 0 saturated heterocycles. The van der Waals surface area contributed by atoms with Crippen LogP contribution in [0.15, 0.2) is 48.5 Å². The van der Waals surface area contributed by atoms with E-state index in [1.807, 2.05) is 56.3 Å². The first-order valence-corrected chi connectivity index (χ1v) is 8.28. The van der Waals surface area contributed by atoms with Crippen molar-refractivity contribution in [3.05, 3.63) is 59.7 Å². The third-order valence-electron chi connectivity index (χ3n) is 3.89. The van der Waals surface area contributed by atoms with Crippen LogP contribution < -0.4 is 15.4 Å². The molecule has 0 unspecified atom stereocenters. The van der Waals surface area contributed by atoms with Crippen LogP contribution in [0.5, 0.6) is 5.75 Å². The highest BCUT2D eigenvalue weighted by atomic mass is 16.5. The molecule has 2 N–H and O–H groups in total. The molecule has 0 aliphatic rings. The summed E-state index contributed by atoms with van der Waals surface area (Å²) in [5.41, 5.74) is 2.67. The molecule has 0 radical (unpaired) electrons. The summed E-state index contributed by atoms with van der Waals surface area (Å²) in [7, 11) is 1.55. The average molecular weight is 340 g/mol. The van der Waals surface area contributed by atoms with Gasteiger partial charge in [-0.25, -0.2) is 0 Å². The highest BCUT2D eigenvalue weighted by molar-refractivity contribution is 5.94. The van der Waals surface area contributed by atoms with Gasteiger partial charge in [0.1, 0.15) is 5.75 Å². The number of nitrogens with one attached hydrogen (secondary N) is 2. The van der Waals surface area contributed by atoms with Crippen molar-refractivity contribution in [3.8, 4) is 5.75 Å². The standard InChI is InChI=1S/C20H24N2O3/c1-14-9-10-18(25-3)17(13-14)22-20(24)12-11-19(23)21-15(2)16-7-5-4-6-8-16/h4-10,13,15H,11-12H2,1-3H3,(H,21,23)(H,22,24)/t15-/m0/s1. The lowest BCUT2D eigenvalue weighted by Crippen LogP contribution is -2.27. The van der Waals surface area contributed by atoms with E-state index in [0.29, 0.717) is 11.4 Å². The van der Waals surface area contributed by atoms with Gasteiger partial charge >= 0.3 is 0 Å². The number of hydrogen-bond acceptors (Lipinski definition) is 3. The van der Waals surface area contributed by atoms with E-state index in [1.165, 1.54) is 0 Å². The maximum atomic E-state index is 12.1. The number of carbonyl (C=O) groups excluding carboxylic acids is 2. The largest absolute Gasteiger partial charge is 0.495 e. The lowest BCUT2D eigenvalue weighted by atomic mass is 10.1. The summed E-state index contributed by atoms with van der Waals surface area (Å²) >= 11 is 0. The number of carbonyl (C=O) groups is 2. The Morgan fingerprint density at radius 1 is 1.04 bits per heavy atom. The predicted molar refractivity (Wildman–Crippen MR) is 98.6 cm³/mol. The zero-order valence-corrected chi connectivity index (χ0v) is 14.8. The van der Waals surface area contributed by atoms with Gasteiger partial charge in [-0.15, -0.1) is 0 Å². The lowest BCUT2D eigenvalue weighted by Gasteiger charge is -2.14. The van der Waals surface area contributed by atoms with Gasteiger partial charge in [0, 0.05) is 12.8 Å². The van der Waals surface area contributed by atoms with Gasteiger partial charge in [0.25, 0.3) is 0 Å². The fourth-order valence-corrected chi connectivity index (χ4v) is 2.50. The second-order valence-electron chi connectivity index (χ2n) is 5.95. The number of hydrogen-bond donors (Lipinski definition) is 2. The fourth-order valence-electron chi connectivity index (χ4n) is 2.50. The molecule has 2 amide bonds. The van der Waals surface area contributed by atoms with Gasteiger partial charge in [0.2, 0.25) is 11.8 Å². The monoisotopic (exact) mass is 340 g/mol. The molecule has 0 aliphatic heterocycles. The summed E-state index contributed by atoms with van der Waals surface area (Å²) in [6.45, 7) is 3.86. The van der Waals surface area contributed by atoms with Crippen LogP contribution >= 0.6 is 0 Å². The quantitative estimate of drug-likeness (QED) is 0.809. The van der Waals surface area contributed by atoms with Crippen LogP contribution in [0.1, 0.15) is 36.9 Å². The van der Waals surface area contributed by atoms with E-state index in [9.17, 15) is 9.59 Å². The Labute approximate surface area is 148 Å². The van der Waals surface area contributed by atoms with Crippen molar-refractivity contribution in [1.29, 1.82) is 0 Å². The van der Waals surface area contributed by atoms with E-state index >= 15 is 0 Å². The Morgan fingerprint density at radius 3 is 2.40 bits per heavy atom. The van der Waals surface area contributed by atoms with Crippen LogP contribution in [0.3, 0.4) is 0 Å². The molecule has 0 heterocycles. The van der Waals surface area contributed by atoms with E-state index in [1.54, 1.807) is 13.2 Å².